The number of nitrogens with zero attached hydrogens (tertiary/aromatic N) is 1. The third-order valence-electron chi connectivity index (χ3n) is 4.47. The van der Waals surface area contributed by atoms with E-state index in [1.807, 2.05) is 26.0 Å². The van der Waals surface area contributed by atoms with Crippen LogP contribution in [-0.4, -0.2) is 23.7 Å². The van der Waals surface area contributed by atoms with Crippen molar-refractivity contribution in [1.29, 1.82) is 0 Å². The van der Waals surface area contributed by atoms with E-state index >= 15 is 0 Å². The zero-order valence-corrected chi connectivity index (χ0v) is 14.9. The van der Waals surface area contributed by atoms with E-state index in [-0.39, 0.29) is 12.5 Å². The van der Waals surface area contributed by atoms with E-state index in [0.717, 1.165) is 30.8 Å². The Balaban J connectivity index is 1.72. The number of carboxylic acid groups (broad SMARTS) is 1. The average Bonchev–Trinajstić information content (AvgIpc) is 2.59. The van der Waals surface area contributed by atoms with Gasteiger partial charge in [0, 0.05) is 31.3 Å². The number of ether oxygens (including phenoxy) is 1. The fourth-order valence-electron chi connectivity index (χ4n) is 3.26. The smallest absolute Gasteiger partial charge is 0.303 e. The molecule has 0 fully saturated rings. The number of benzene rings is 2. The van der Waals surface area contributed by atoms with Gasteiger partial charge in [-0.3, -0.25) is 4.79 Å². The molecule has 1 aliphatic rings. The maximum absolute atomic E-state index is 10.7. The average molecular weight is 339 g/mol. The standard InChI is InChI=1S/C21H25NO3/c1-15(2)25-20-5-3-4-19(13-20)22-11-10-17-12-16(7-9-21(23)24)6-8-18(17)14-22/h3-6,8,12-13,15H,7,9-11,14H2,1-2H3,(H,23,24). The maximum atomic E-state index is 10.7. The van der Waals surface area contributed by atoms with Crippen molar-refractivity contribution < 1.29 is 14.6 Å². The molecule has 0 aliphatic carbocycles. The van der Waals surface area contributed by atoms with Gasteiger partial charge < -0.3 is 14.7 Å². The van der Waals surface area contributed by atoms with Crippen LogP contribution in [0.4, 0.5) is 5.69 Å². The second-order valence-corrected chi connectivity index (χ2v) is 6.83. The van der Waals surface area contributed by atoms with E-state index in [9.17, 15) is 4.79 Å². The normalized spacial score (nSPS) is 13.6. The number of carbonyl (C=O) groups is 1. The van der Waals surface area contributed by atoms with Crippen molar-refractivity contribution >= 4 is 11.7 Å². The first-order valence-electron chi connectivity index (χ1n) is 8.85. The largest absolute Gasteiger partial charge is 0.491 e. The Morgan fingerprint density at radius 3 is 2.80 bits per heavy atom. The van der Waals surface area contributed by atoms with E-state index in [1.165, 1.54) is 16.8 Å². The maximum Gasteiger partial charge on any atom is 0.303 e. The topological polar surface area (TPSA) is 49.8 Å². The number of carboxylic acids is 1. The molecular formula is C21H25NO3. The number of anilines is 1. The third-order valence-corrected chi connectivity index (χ3v) is 4.47. The minimum Gasteiger partial charge on any atom is -0.491 e. The molecule has 4 nitrogen and oxygen atoms in total. The first kappa shape index (κ1) is 17.3. The number of fused-ring (bicyclic) bond motifs is 1. The van der Waals surface area contributed by atoms with Gasteiger partial charge in [0.05, 0.1) is 6.10 Å². The van der Waals surface area contributed by atoms with Crippen LogP contribution in [0.1, 0.15) is 37.0 Å². The summed E-state index contributed by atoms with van der Waals surface area (Å²) in [5.74, 6) is 0.162. The van der Waals surface area contributed by atoms with Crippen molar-refractivity contribution in [3.05, 3.63) is 59.2 Å². The number of hydrogen-bond acceptors (Lipinski definition) is 3. The van der Waals surface area contributed by atoms with Gasteiger partial charge in [-0.2, -0.15) is 0 Å². The predicted molar refractivity (Wildman–Crippen MR) is 99.4 cm³/mol. The lowest BCUT2D eigenvalue weighted by Crippen LogP contribution is -2.30. The van der Waals surface area contributed by atoms with Gasteiger partial charge >= 0.3 is 5.97 Å². The van der Waals surface area contributed by atoms with Crippen LogP contribution in [0, 0.1) is 0 Å². The van der Waals surface area contributed by atoms with Gasteiger partial charge in [0.15, 0.2) is 0 Å². The first-order valence-corrected chi connectivity index (χ1v) is 8.85. The zero-order chi connectivity index (χ0) is 17.8. The van der Waals surface area contributed by atoms with E-state index < -0.39 is 5.97 Å². The van der Waals surface area contributed by atoms with Crippen molar-refractivity contribution in [2.75, 3.05) is 11.4 Å². The Kier molecular flexibility index (Phi) is 5.27. The van der Waals surface area contributed by atoms with Gasteiger partial charge in [0.25, 0.3) is 0 Å². The third kappa shape index (κ3) is 4.53. The lowest BCUT2D eigenvalue weighted by atomic mass is 9.95. The molecule has 0 bridgehead atoms. The Hall–Kier alpha value is -2.49. The molecule has 1 heterocycles. The molecule has 25 heavy (non-hydrogen) atoms. The van der Waals surface area contributed by atoms with Crippen molar-refractivity contribution in [3.63, 3.8) is 0 Å². The summed E-state index contributed by atoms with van der Waals surface area (Å²) in [6.45, 7) is 5.90. The Morgan fingerprint density at radius 2 is 2.04 bits per heavy atom. The van der Waals surface area contributed by atoms with Crippen molar-refractivity contribution in [2.45, 2.75) is 45.8 Å². The van der Waals surface area contributed by atoms with Gasteiger partial charge in [0.1, 0.15) is 5.75 Å². The molecule has 0 saturated heterocycles. The lowest BCUT2D eigenvalue weighted by Gasteiger charge is -2.31. The molecule has 0 spiro atoms. The number of aliphatic carboxylic acids is 1. The molecular weight excluding hydrogens is 314 g/mol. The van der Waals surface area contributed by atoms with Crippen LogP contribution in [0.3, 0.4) is 0 Å². The fraction of sp³-hybridized carbons (Fsp3) is 0.381. The summed E-state index contributed by atoms with van der Waals surface area (Å²) in [6, 6.07) is 14.6. The van der Waals surface area contributed by atoms with Gasteiger partial charge in [0.2, 0.25) is 0 Å². The number of aryl methyl sites for hydroxylation is 1. The lowest BCUT2D eigenvalue weighted by molar-refractivity contribution is -0.136. The highest BCUT2D eigenvalue weighted by Crippen LogP contribution is 2.28. The summed E-state index contributed by atoms with van der Waals surface area (Å²) >= 11 is 0. The molecule has 4 heteroatoms. The van der Waals surface area contributed by atoms with Gasteiger partial charge in [-0.15, -0.1) is 0 Å². The number of hydrogen-bond donors (Lipinski definition) is 1. The highest BCUT2D eigenvalue weighted by molar-refractivity contribution is 5.67. The molecule has 1 aliphatic heterocycles. The predicted octanol–water partition coefficient (Wildman–Crippen LogP) is 4.05. The van der Waals surface area contributed by atoms with Crippen LogP contribution in [0.2, 0.25) is 0 Å². The van der Waals surface area contributed by atoms with E-state index in [4.69, 9.17) is 9.84 Å². The monoisotopic (exact) mass is 339 g/mol. The molecule has 0 amide bonds. The Bertz CT molecular complexity index is 755. The minimum absolute atomic E-state index is 0.168. The van der Waals surface area contributed by atoms with Crippen LogP contribution in [0.5, 0.6) is 5.75 Å². The highest BCUT2D eigenvalue weighted by Gasteiger charge is 2.17. The van der Waals surface area contributed by atoms with Crippen LogP contribution < -0.4 is 9.64 Å². The van der Waals surface area contributed by atoms with Crippen LogP contribution >= 0.6 is 0 Å². The Labute approximate surface area is 149 Å². The summed E-state index contributed by atoms with van der Waals surface area (Å²) < 4.78 is 5.80. The van der Waals surface area contributed by atoms with Crippen molar-refractivity contribution in [3.8, 4) is 5.75 Å². The SMILES string of the molecule is CC(C)Oc1cccc(N2CCc3cc(CCC(=O)O)ccc3C2)c1. The second-order valence-electron chi connectivity index (χ2n) is 6.83. The van der Waals surface area contributed by atoms with E-state index in [1.54, 1.807) is 0 Å². The minimum atomic E-state index is -0.743. The molecule has 132 valence electrons. The Morgan fingerprint density at radius 1 is 1.20 bits per heavy atom. The summed E-state index contributed by atoms with van der Waals surface area (Å²) in [7, 11) is 0. The highest BCUT2D eigenvalue weighted by atomic mass is 16.5. The summed E-state index contributed by atoms with van der Waals surface area (Å²) in [4.78, 5) is 13.1. The van der Waals surface area contributed by atoms with Crippen molar-refractivity contribution in [2.24, 2.45) is 0 Å². The number of rotatable bonds is 6. The molecule has 2 aromatic rings. The van der Waals surface area contributed by atoms with Gasteiger partial charge in [-0.05, 0) is 55.5 Å². The fourth-order valence-corrected chi connectivity index (χ4v) is 3.26. The van der Waals surface area contributed by atoms with E-state index in [2.05, 4.69) is 35.2 Å². The van der Waals surface area contributed by atoms with Crippen LogP contribution in [0.25, 0.3) is 0 Å². The van der Waals surface area contributed by atoms with Crippen LogP contribution in [0.15, 0.2) is 42.5 Å². The quantitative estimate of drug-likeness (QED) is 0.862. The molecule has 1 N–H and O–H groups in total. The summed E-state index contributed by atoms with van der Waals surface area (Å²) in [6.07, 6.45) is 1.93. The molecule has 0 unspecified atom stereocenters. The first-order chi connectivity index (χ1) is 12.0. The van der Waals surface area contributed by atoms with E-state index in [0.29, 0.717) is 6.42 Å². The summed E-state index contributed by atoms with van der Waals surface area (Å²) in [5, 5.41) is 8.83. The van der Waals surface area contributed by atoms with Crippen LogP contribution in [-0.2, 0) is 24.2 Å². The van der Waals surface area contributed by atoms with Crippen molar-refractivity contribution in [1.82, 2.24) is 0 Å². The molecule has 3 rings (SSSR count). The molecule has 2 aromatic carbocycles. The molecule has 0 atom stereocenters. The van der Waals surface area contributed by atoms with Gasteiger partial charge in [-0.1, -0.05) is 24.3 Å². The van der Waals surface area contributed by atoms with Gasteiger partial charge in [-0.25, -0.2) is 0 Å². The molecule has 0 radical (unpaired) electrons. The second kappa shape index (κ2) is 7.60. The molecule has 0 aromatic heterocycles. The molecule has 0 saturated carbocycles. The zero-order valence-electron chi connectivity index (χ0n) is 14.9. The summed E-state index contributed by atoms with van der Waals surface area (Å²) in [5.41, 5.74) is 4.95.